The molecule has 0 spiro atoms. The molecule has 4 nitrogen and oxygen atoms in total. The lowest BCUT2D eigenvalue weighted by molar-refractivity contribution is 0.854. The molecule has 0 aliphatic carbocycles. The van der Waals surface area contributed by atoms with Crippen molar-refractivity contribution in [3.63, 3.8) is 0 Å². The molecular weight excluding hydrogens is 198 g/mol. The van der Waals surface area contributed by atoms with Crippen LogP contribution in [0, 0.1) is 0 Å². The second-order valence-corrected chi connectivity index (χ2v) is 3.36. The molecule has 14 heavy (non-hydrogen) atoms. The van der Waals surface area contributed by atoms with Crippen molar-refractivity contribution in [2.75, 3.05) is 0 Å². The molecule has 0 saturated carbocycles. The molecule has 0 aliphatic rings. The molecule has 0 atom stereocenters. The van der Waals surface area contributed by atoms with Crippen LogP contribution in [-0.2, 0) is 12.8 Å². The third kappa shape index (κ3) is 1.82. The molecule has 5 heteroatoms. The Morgan fingerprint density at radius 3 is 2.57 bits per heavy atom. The van der Waals surface area contributed by atoms with Gasteiger partial charge in [0.25, 0.3) is 5.56 Å². The minimum atomic E-state index is -0.299. The van der Waals surface area contributed by atoms with Crippen LogP contribution in [-0.4, -0.2) is 15.2 Å². The van der Waals surface area contributed by atoms with Crippen molar-refractivity contribution in [1.82, 2.24) is 10.2 Å². The Hall–Kier alpha value is -1.23. The van der Waals surface area contributed by atoms with Crippen LogP contribution >= 0.6 is 12.2 Å². The van der Waals surface area contributed by atoms with Crippen LogP contribution in [0.15, 0.2) is 4.79 Å². The largest absolute Gasteiger partial charge is 0.389 e. The number of thiocarbonyl (C=S) groups is 1. The Morgan fingerprint density at radius 1 is 1.50 bits per heavy atom. The van der Waals surface area contributed by atoms with Gasteiger partial charge in [0.05, 0.1) is 11.3 Å². The number of nitrogens with zero attached hydrogens (tertiary/aromatic N) is 1. The van der Waals surface area contributed by atoms with E-state index in [9.17, 15) is 4.79 Å². The molecular formula is C9H13N3OS. The maximum absolute atomic E-state index is 11.4. The number of hydrogen-bond donors (Lipinski definition) is 2. The molecule has 1 aromatic heterocycles. The van der Waals surface area contributed by atoms with Crippen LogP contribution in [0.25, 0.3) is 0 Å². The standard InChI is InChI=1S/C9H13N3OS/c1-3-5-6(4-2)11-12-9(13)7(5)8(10)14/h3-4H2,1-2H3,(H2,10,14)(H,12,13). The average molecular weight is 211 g/mol. The van der Waals surface area contributed by atoms with Crippen LogP contribution < -0.4 is 11.3 Å². The van der Waals surface area contributed by atoms with Gasteiger partial charge in [-0.2, -0.15) is 5.10 Å². The van der Waals surface area contributed by atoms with Crippen molar-refractivity contribution in [3.05, 3.63) is 27.2 Å². The summed E-state index contributed by atoms with van der Waals surface area (Å²) in [6, 6.07) is 0. The number of rotatable bonds is 3. The van der Waals surface area contributed by atoms with Gasteiger partial charge < -0.3 is 5.73 Å². The predicted molar refractivity (Wildman–Crippen MR) is 59.5 cm³/mol. The molecule has 0 amide bonds. The predicted octanol–water partition coefficient (Wildman–Crippen LogP) is 0.529. The highest BCUT2D eigenvalue weighted by atomic mass is 32.1. The van der Waals surface area contributed by atoms with Gasteiger partial charge in [-0.1, -0.05) is 26.1 Å². The summed E-state index contributed by atoms with van der Waals surface area (Å²) in [5.41, 5.74) is 7.33. The van der Waals surface area contributed by atoms with Gasteiger partial charge in [-0.15, -0.1) is 0 Å². The van der Waals surface area contributed by atoms with E-state index >= 15 is 0 Å². The Labute approximate surface area is 87.5 Å². The van der Waals surface area contributed by atoms with Crippen LogP contribution in [0.3, 0.4) is 0 Å². The molecule has 0 bridgehead atoms. The molecule has 3 N–H and O–H groups in total. The van der Waals surface area contributed by atoms with Gasteiger partial charge in [-0.25, -0.2) is 5.10 Å². The van der Waals surface area contributed by atoms with Crippen molar-refractivity contribution in [2.45, 2.75) is 26.7 Å². The van der Waals surface area contributed by atoms with Crippen LogP contribution in [0.1, 0.15) is 30.7 Å². The number of aromatic amines is 1. The molecule has 0 aliphatic heterocycles. The van der Waals surface area contributed by atoms with Crippen LogP contribution in [0.5, 0.6) is 0 Å². The number of nitrogens with two attached hydrogens (primary N) is 1. The van der Waals surface area contributed by atoms with E-state index in [1.807, 2.05) is 13.8 Å². The first-order chi connectivity index (χ1) is 6.61. The summed E-state index contributed by atoms with van der Waals surface area (Å²) in [4.78, 5) is 11.6. The molecule has 0 radical (unpaired) electrons. The normalized spacial score (nSPS) is 10.1. The summed E-state index contributed by atoms with van der Waals surface area (Å²) in [5, 5.41) is 6.36. The van der Waals surface area contributed by atoms with E-state index in [1.54, 1.807) is 0 Å². The monoisotopic (exact) mass is 211 g/mol. The highest BCUT2D eigenvalue weighted by Gasteiger charge is 2.13. The van der Waals surface area contributed by atoms with Gasteiger partial charge in [0, 0.05) is 0 Å². The number of nitrogens with one attached hydrogen (secondary N) is 1. The Morgan fingerprint density at radius 2 is 2.14 bits per heavy atom. The van der Waals surface area contributed by atoms with Crippen molar-refractivity contribution < 1.29 is 0 Å². The van der Waals surface area contributed by atoms with Gasteiger partial charge in [0.2, 0.25) is 0 Å². The molecule has 0 saturated heterocycles. The smallest absolute Gasteiger partial charge is 0.274 e. The van der Waals surface area contributed by atoms with Crippen molar-refractivity contribution in [3.8, 4) is 0 Å². The highest BCUT2D eigenvalue weighted by molar-refractivity contribution is 7.80. The maximum atomic E-state index is 11.4. The highest BCUT2D eigenvalue weighted by Crippen LogP contribution is 2.09. The lowest BCUT2D eigenvalue weighted by Crippen LogP contribution is -2.27. The quantitative estimate of drug-likeness (QED) is 0.715. The van der Waals surface area contributed by atoms with E-state index in [0.717, 1.165) is 17.7 Å². The Balaban J connectivity index is 3.51. The van der Waals surface area contributed by atoms with Gasteiger partial charge in [0.15, 0.2) is 0 Å². The minimum Gasteiger partial charge on any atom is -0.389 e. The summed E-state index contributed by atoms with van der Waals surface area (Å²) in [7, 11) is 0. The van der Waals surface area contributed by atoms with E-state index in [2.05, 4.69) is 10.2 Å². The summed E-state index contributed by atoms with van der Waals surface area (Å²) in [6.45, 7) is 3.93. The third-order valence-corrected chi connectivity index (χ3v) is 2.31. The zero-order chi connectivity index (χ0) is 10.7. The van der Waals surface area contributed by atoms with E-state index in [1.165, 1.54) is 0 Å². The van der Waals surface area contributed by atoms with Crippen molar-refractivity contribution in [1.29, 1.82) is 0 Å². The van der Waals surface area contributed by atoms with E-state index < -0.39 is 0 Å². The molecule has 0 aromatic carbocycles. The zero-order valence-corrected chi connectivity index (χ0v) is 9.07. The number of aromatic nitrogens is 2. The fraction of sp³-hybridized carbons (Fsp3) is 0.444. The molecule has 1 heterocycles. The van der Waals surface area contributed by atoms with E-state index in [0.29, 0.717) is 12.0 Å². The second kappa shape index (κ2) is 4.32. The molecule has 0 fully saturated rings. The molecule has 1 aromatic rings. The fourth-order valence-electron chi connectivity index (χ4n) is 1.46. The number of hydrogen-bond acceptors (Lipinski definition) is 3. The zero-order valence-electron chi connectivity index (χ0n) is 8.26. The van der Waals surface area contributed by atoms with E-state index in [4.69, 9.17) is 18.0 Å². The van der Waals surface area contributed by atoms with Crippen LogP contribution in [0.4, 0.5) is 0 Å². The number of H-pyrrole nitrogens is 1. The molecule has 76 valence electrons. The first kappa shape index (κ1) is 10.8. The van der Waals surface area contributed by atoms with Gasteiger partial charge in [-0.3, -0.25) is 4.79 Å². The maximum Gasteiger partial charge on any atom is 0.274 e. The van der Waals surface area contributed by atoms with Crippen molar-refractivity contribution >= 4 is 17.2 Å². The van der Waals surface area contributed by atoms with Gasteiger partial charge >= 0.3 is 0 Å². The Kier molecular flexibility index (Phi) is 3.35. The first-order valence-electron chi connectivity index (χ1n) is 4.52. The summed E-state index contributed by atoms with van der Waals surface area (Å²) >= 11 is 4.84. The molecule has 0 unspecified atom stereocenters. The third-order valence-electron chi connectivity index (χ3n) is 2.10. The van der Waals surface area contributed by atoms with E-state index in [-0.39, 0.29) is 10.5 Å². The number of aryl methyl sites for hydroxylation is 1. The molecule has 1 rings (SSSR count). The fourth-order valence-corrected chi connectivity index (χ4v) is 1.67. The second-order valence-electron chi connectivity index (χ2n) is 2.92. The van der Waals surface area contributed by atoms with Crippen molar-refractivity contribution in [2.24, 2.45) is 5.73 Å². The summed E-state index contributed by atoms with van der Waals surface area (Å²) in [5.74, 6) is 0. The Bertz CT molecular complexity index is 411. The SMILES string of the molecule is CCc1n[nH]c(=O)c(C(N)=S)c1CC. The van der Waals surface area contributed by atoms with Gasteiger partial charge in [0.1, 0.15) is 4.99 Å². The average Bonchev–Trinajstić information content (AvgIpc) is 2.16. The van der Waals surface area contributed by atoms with Crippen LogP contribution in [0.2, 0.25) is 0 Å². The lowest BCUT2D eigenvalue weighted by atomic mass is 10.0. The topological polar surface area (TPSA) is 71.8 Å². The van der Waals surface area contributed by atoms with Gasteiger partial charge in [-0.05, 0) is 18.4 Å². The minimum absolute atomic E-state index is 0.139. The summed E-state index contributed by atoms with van der Waals surface area (Å²) in [6.07, 6.45) is 1.47. The first-order valence-corrected chi connectivity index (χ1v) is 4.92. The lowest BCUT2D eigenvalue weighted by Gasteiger charge is -2.08. The summed E-state index contributed by atoms with van der Waals surface area (Å²) < 4.78 is 0.